The molecule has 2 aliphatic heterocycles. The van der Waals surface area contributed by atoms with E-state index in [1.165, 1.54) is 0 Å². The van der Waals surface area contributed by atoms with E-state index in [9.17, 15) is 4.79 Å². The zero-order valence-corrected chi connectivity index (χ0v) is 21.0. The number of piperidine rings is 1. The quantitative estimate of drug-likeness (QED) is 0.596. The van der Waals surface area contributed by atoms with E-state index >= 15 is 0 Å². The lowest BCUT2D eigenvalue weighted by molar-refractivity contribution is -0.143. The Bertz CT molecular complexity index is 1210. The number of carbonyl (C=O) groups is 1. The minimum absolute atomic E-state index is 0.144. The average molecular weight is 476 g/mol. The summed E-state index contributed by atoms with van der Waals surface area (Å²) >= 11 is 0. The summed E-state index contributed by atoms with van der Waals surface area (Å²) in [5, 5.41) is 12.8. The van der Waals surface area contributed by atoms with E-state index in [0.29, 0.717) is 13.1 Å². The van der Waals surface area contributed by atoms with Crippen LogP contribution in [0.3, 0.4) is 0 Å². The van der Waals surface area contributed by atoms with Gasteiger partial charge >= 0.3 is 0 Å². The predicted octanol–water partition coefficient (Wildman–Crippen LogP) is 1.82. The van der Waals surface area contributed by atoms with Crippen molar-refractivity contribution in [3.8, 4) is 11.3 Å². The summed E-state index contributed by atoms with van der Waals surface area (Å²) in [6.45, 7) is 9.39. The molecular formula is C25H33N9O. The van der Waals surface area contributed by atoms with Gasteiger partial charge in [0.1, 0.15) is 16.9 Å². The van der Waals surface area contributed by atoms with Crippen LogP contribution in [0.15, 0.2) is 24.4 Å². The number of aryl methyl sites for hydroxylation is 4. The van der Waals surface area contributed by atoms with E-state index in [1.54, 1.807) is 4.80 Å². The van der Waals surface area contributed by atoms with Crippen molar-refractivity contribution in [3.05, 3.63) is 47.2 Å². The highest BCUT2D eigenvalue weighted by molar-refractivity contribution is 5.87. The summed E-state index contributed by atoms with van der Waals surface area (Å²) in [5.41, 5.74) is 4.99. The van der Waals surface area contributed by atoms with Gasteiger partial charge in [0.25, 0.3) is 0 Å². The first kappa shape index (κ1) is 23.3. The summed E-state index contributed by atoms with van der Waals surface area (Å²) in [7, 11) is 1.82. The number of nitrogens with one attached hydrogen (secondary N) is 1. The molecule has 2 aliphatic rings. The second kappa shape index (κ2) is 9.33. The smallest absolute Gasteiger partial charge is 0.243 e. The first-order chi connectivity index (χ1) is 16.9. The van der Waals surface area contributed by atoms with Gasteiger partial charge in [0, 0.05) is 62.1 Å². The van der Waals surface area contributed by atoms with Gasteiger partial charge in [0.05, 0.1) is 6.54 Å². The number of pyridine rings is 1. The number of hydrogen-bond donors (Lipinski definition) is 1. The Morgan fingerprint density at radius 2 is 1.80 bits per heavy atom. The summed E-state index contributed by atoms with van der Waals surface area (Å²) < 4.78 is 0. The Hall–Kier alpha value is -3.40. The van der Waals surface area contributed by atoms with Gasteiger partial charge in [0.2, 0.25) is 11.9 Å². The Kier molecular flexibility index (Phi) is 6.22. The van der Waals surface area contributed by atoms with Gasteiger partial charge < -0.3 is 15.1 Å². The van der Waals surface area contributed by atoms with Crippen molar-refractivity contribution in [2.75, 3.05) is 31.1 Å². The maximum Gasteiger partial charge on any atom is 0.243 e. The fourth-order valence-electron chi connectivity index (χ4n) is 5.17. The van der Waals surface area contributed by atoms with Crippen molar-refractivity contribution in [1.82, 2.24) is 40.2 Å². The standard InChI is InChI=1S/C25H33N9O/c1-5-20-15-19(6-9-26-20)22-21(30-32(4)31-22)16-34-13-10-27-25(23(34)35)7-11-33(12-8-25)24-28-17(2)14-18(3)29-24/h6,9,14-15,27H,5,7-8,10-13,16H2,1-4H3. The molecule has 0 unspecified atom stereocenters. The van der Waals surface area contributed by atoms with Gasteiger partial charge in [-0.15, -0.1) is 0 Å². The number of nitrogens with zero attached hydrogens (tertiary/aromatic N) is 8. The molecule has 0 atom stereocenters. The largest absolute Gasteiger partial charge is 0.341 e. The molecule has 1 N–H and O–H groups in total. The third-order valence-electron chi connectivity index (χ3n) is 6.99. The number of anilines is 1. The third kappa shape index (κ3) is 4.62. The van der Waals surface area contributed by atoms with Gasteiger partial charge in [-0.1, -0.05) is 6.92 Å². The molecule has 10 heteroatoms. The van der Waals surface area contributed by atoms with Gasteiger partial charge in [-0.05, 0) is 51.3 Å². The molecule has 1 amide bonds. The van der Waals surface area contributed by atoms with E-state index < -0.39 is 5.54 Å². The molecule has 5 rings (SSSR count). The normalized spacial score (nSPS) is 17.9. The Labute approximate surface area is 205 Å². The van der Waals surface area contributed by atoms with Crippen LogP contribution in [0.25, 0.3) is 11.3 Å². The number of amides is 1. The molecule has 10 nitrogen and oxygen atoms in total. The molecule has 184 valence electrons. The van der Waals surface area contributed by atoms with Crippen molar-refractivity contribution in [3.63, 3.8) is 0 Å². The molecule has 0 bridgehead atoms. The van der Waals surface area contributed by atoms with E-state index in [-0.39, 0.29) is 5.91 Å². The van der Waals surface area contributed by atoms with Crippen LogP contribution in [0.5, 0.6) is 0 Å². The Balaban J connectivity index is 1.32. The topological polar surface area (TPSA) is 105 Å². The Morgan fingerprint density at radius 1 is 1.06 bits per heavy atom. The van der Waals surface area contributed by atoms with Gasteiger partial charge in [-0.3, -0.25) is 9.78 Å². The van der Waals surface area contributed by atoms with Crippen LogP contribution in [0.4, 0.5) is 5.95 Å². The molecule has 3 aromatic heterocycles. The van der Waals surface area contributed by atoms with Crippen LogP contribution in [-0.2, 0) is 24.8 Å². The number of rotatable bonds is 5. The molecule has 0 aliphatic carbocycles. The van der Waals surface area contributed by atoms with Gasteiger partial charge in [0.15, 0.2) is 0 Å². The van der Waals surface area contributed by atoms with Gasteiger partial charge in [-0.2, -0.15) is 15.0 Å². The zero-order chi connectivity index (χ0) is 24.6. The Morgan fingerprint density at radius 3 is 2.51 bits per heavy atom. The van der Waals surface area contributed by atoms with E-state index in [2.05, 4.69) is 48.4 Å². The van der Waals surface area contributed by atoms with E-state index in [4.69, 9.17) is 0 Å². The summed E-state index contributed by atoms with van der Waals surface area (Å²) in [6, 6.07) is 5.99. The highest BCUT2D eigenvalue weighted by atomic mass is 16.2. The molecule has 0 aromatic carbocycles. The summed E-state index contributed by atoms with van der Waals surface area (Å²) in [4.78, 5) is 33.1. The maximum atomic E-state index is 13.8. The number of hydrogen-bond acceptors (Lipinski definition) is 8. The minimum atomic E-state index is -0.554. The molecule has 2 saturated heterocycles. The van der Waals surface area contributed by atoms with Crippen LogP contribution >= 0.6 is 0 Å². The first-order valence-corrected chi connectivity index (χ1v) is 12.3. The highest BCUT2D eigenvalue weighted by Gasteiger charge is 2.46. The molecule has 3 aromatic rings. The predicted molar refractivity (Wildman–Crippen MR) is 133 cm³/mol. The molecule has 0 radical (unpaired) electrons. The van der Waals surface area contributed by atoms with Crippen molar-refractivity contribution >= 4 is 11.9 Å². The molecule has 35 heavy (non-hydrogen) atoms. The first-order valence-electron chi connectivity index (χ1n) is 12.3. The SMILES string of the molecule is CCc1cc(-c2nn(C)nc2CN2CCNC3(CCN(c4nc(C)cc(C)n4)CC3)C2=O)ccn1. The van der Waals surface area contributed by atoms with Crippen LogP contribution in [0.2, 0.25) is 0 Å². The minimum Gasteiger partial charge on any atom is -0.341 e. The molecule has 1 spiro atoms. The summed E-state index contributed by atoms with van der Waals surface area (Å²) in [6.07, 6.45) is 4.10. The van der Waals surface area contributed by atoms with Crippen molar-refractivity contribution < 1.29 is 4.79 Å². The fraction of sp³-hybridized carbons (Fsp3) is 0.520. The lowest BCUT2D eigenvalue weighted by Crippen LogP contribution is -2.67. The lowest BCUT2D eigenvalue weighted by Gasteiger charge is -2.46. The van der Waals surface area contributed by atoms with Crippen LogP contribution in [-0.4, -0.2) is 72.5 Å². The van der Waals surface area contributed by atoms with Crippen molar-refractivity contribution in [2.45, 2.75) is 52.1 Å². The van der Waals surface area contributed by atoms with E-state index in [1.807, 2.05) is 44.1 Å². The number of carbonyl (C=O) groups excluding carboxylic acids is 1. The van der Waals surface area contributed by atoms with Crippen LogP contribution in [0, 0.1) is 13.8 Å². The molecule has 2 fully saturated rings. The lowest BCUT2D eigenvalue weighted by atomic mass is 9.84. The second-order valence-corrected chi connectivity index (χ2v) is 9.55. The number of aromatic nitrogens is 6. The monoisotopic (exact) mass is 475 g/mol. The molecular weight excluding hydrogens is 442 g/mol. The van der Waals surface area contributed by atoms with Crippen LogP contribution in [0.1, 0.15) is 42.5 Å². The van der Waals surface area contributed by atoms with Crippen molar-refractivity contribution in [2.24, 2.45) is 7.05 Å². The molecule has 0 saturated carbocycles. The fourth-order valence-corrected chi connectivity index (χ4v) is 5.17. The number of piperazine rings is 1. The van der Waals surface area contributed by atoms with Crippen LogP contribution < -0.4 is 10.2 Å². The summed E-state index contributed by atoms with van der Waals surface area (Å²) in [5.74, 6) is 0.899. The third-order valence-corrected chi connectivity index (χ3v) is 6.99. The van der Waals surface area contributed by atoms with Gasteiger partial charge in [-0.25, -0.2) is 9.97 Å². The maximum absolute atomic E-state index is 13.8. The highest BCUT2D eigenvalue weighted by Crippen LogP contribution is 2.30. The zero-order valence-electron chi connectivity index (χ0n) is 21.0. The van der Waals surface area contributed by atoms with E-state index in [0.717, 1.165) is 78.9 Å². The average Bonchev–Trinajstić information content (AvgIpc) is 3.22. The second-order valence-electron chi connectivity index (χ2n) is 9.55. The molecule has 5 heterocycles. The van der Waals surface area contributed by atoms with Crippen molar-refractivity contribution in [1.29, 1.82) is 0 Å².